The van der Waals surface area contributed by atoms with Crippen molar-refractivity contribution in [1.82, 2.24) is 5.32 Å². The van der Waals surface area contributed by atoms with Crippen LogP contribution in [0.2, 0.25) is 0 Å². The number of phenols is 1. The number of amides is 1. The van der Waals surface area contributed by atoms with Crippen LogP contribution >= 0.6 is 0 Å². The summed E-state index contributed by atoms with van der Waals surface area (Å²) in [7, 11) is 1.39. The van der Waals surface area contributed by atoms with Gasteiger partial charge in [-0.2, -0.15) is 0 Å². The number of carbonyl (C=O) groups excluding carboxylic acids is 1. The minimum Gasteiger partial charge on any atom is -0.507 e. The Morgan fingerprint density at radius 3 is 2.59 bits per heavy atom. The SMILES string of the molecule is CCc1ccc(O)c(C(=O)NCc2ccc(OC)c(F)c2)c1. The minimum atomic E-state index is -0.481. The van der Waals surface area contributed by atoms with Crippen LogP contribution in [0, 0.1) is 5.82 Å². The van der Waals surface area contributed by atoms with Crippen LogP contribution in [0.3, 0.4) is 0 Å². The average molecular weight is 303 g/mol. The molecule has 2 rings (SSSR count). The first kappa shape index (κ1) is 15.8. The molecule has 0 saturated heterocycles. The summed E-state index contributed by atoms with van der Waals surface area (Å²) in [4.78, 5) is 12.1. The molecule has 0 aliphatic rings. The molecule has 0 saturated carbocycles. The highest BCUT2D eigenvalue weighted by molar-refractivity contribution is 5.96. The zero-order chi connectivity index (χ0) is 16.1. The largest absolute Gasteiger partial charge is 0.507 e. The number of methoxy groups -OCH3 is 1. The second kappa shape index (κ2) is 6.93. The van der Waals surface area contributed by atoms with Crippen LogP contribution in [0.5, 0.6) is 11.5 Å². The van der Waals surface area contributed by atoms with Crippen LogP contribution in [0.25, 0.3) is 0 Å². The van der Waals surface area contributed by atoms with Gasteiger partial charge in [0.2, 0.25) is 0 Å². The number of hydrogen-bond acceptors (Lipinski definition) is 3. The summed E-state index contributed by atoms with van der Waals surface area (Å²) >= 11 is 0. The van der Waals surface area contributed by atoms with E-state index in [9.17, 15) is 14.3 Å². The lowest BCUT2D eigenvalue weighted by atomic mass is 10.1. The van der Waals surface area contributed by atoms with Gasteiger partial charge in [-0.05, 0) is 41.8 Å². The first-order chi connectivity index (χ1) is 10.5. The van der Waals surface area contributed by atoms with Gasteiger partial charge in [-0.15, -0.1) is 0 Å². The molecule has 0 unspecified atom stereocenters. The fourth-order valence-corrected chi connectivity index (χ4v) is 2.08. The molecular weight excluding hydrogens is 285 g/mol. The van der Waals surface area contributed by atoms with Gasteiger partial charge in [0.05, 0.1) is 12.7 Å². The summed E-state index contributed by atoms with van der Waals surface area (Å²) in [6.45, 7) is 2.13. The summed E-state index contributed by atoms with van der Waals surface area (Å²) in [5.74, 6) is -0.798. The van der Waals surface area contributed by atoms with Crippen LogP contribution < -0.4 is 10.1 Å². The lowest BCUT2D eigenvalue weighted by molar-refractivity contribution is 0.0948. The highest BCUT2D eigenvalue weighted by Crippen LogP contribution is 2.20. The third-order valence-electron chi connectivity index (χ3n) is 3.38. The van der Waals surface area contributed by atoms with Gasteiger partial charge >= 0.3 is 0 Å². The van der Waals surface area contributed by atoms with E-state index in [1.54, 1.807) is 18.2 Å². The van der Waals surface area contributed by atoms with Crippen molar-refractivity contribution in [3.05, 3.63) is 58.9 Å². The maximum Gasteiger partial charge on any atom is 0.255 e. The Hall–Kier alpha value is -2.56. The molecule has 0 radical (unpaired) electrons. The highest BCUT2D eigenvalue weighted by atomic mass is 19.1. The van der Waals surface area contributed by atoms with E-state index >= 15 is 0 Å². The van der Waals surface area contributed by atoms with Crippen LogP contribution in [0.15, 0.2) is 36.4 Å². The van der Waals surface area contributed by atoms with E-state index < -0.39 is 11.7 Å². The molecule has 0 atom stereocenters. The Labute approximate surface area is 128 Å². The number of rotatable bonds is 5. The molecule has 0 aliphatic heterocycles. The molecule has 0 aromatic heterocycles. The summed E-state index contributed by atoms with van der Waals surface area (Å²) in [6.07, 6.45) is 0.768. The van der Waals surface area contributed by atoms with Crippen molar-refractivity contribution < 1.29 is 19.0 Å². The van der Waals surface area contributed by atoms with Gasteiger partial charge in [-0.3, -0.25) is 4.79 Å². The zero-order valence-electron chi connectivity index (χ0n) is 12.5. The molecule has 2 aromatic carbocycles. The van der Waals surface area contributed by atoms with Crippen molar-refractivity contribution >= 4 is 5.91 Å². The molecule has 0 bridgehead atoms. The Balaban J connectivity index is 2.08. The van der Waals surface area contributed by atoms with Crippen molar-refractivity contribution in [1.29, 1.82) is 0 Å². The maximum atomic E-state index is 13.6. The summed E-state index contributed by atoms with van der Waals surface area (Å²) in [5.41, 5.74) is 1.78. The third kappa shape index (κ3) is 3.55. The number of ether oxygens (including phenoxy) is 1. The minimum absolute atomic E-state index is 0.0735. The van der Waals surface area contributed by atoms with Crippen LogP contribution in [-0.4, -0.2) is 18.1 Å². The first-order valence-electron chi connectivity index (χ1n) is 6.97. The van der Waals surface area contributed by atoms with E-state index in [0.717, 1.165) is 12.0 Å². The molecule has 0 fully saturated rings. The van der Waals surface area contributed by atoms with E-state index in [0.29, 0.717) is 5.56 Å². The topological polar surface area (TPSA) is 58.6 Å². The van der Waals surface area contributed by atoms with Gasteiger partial charge in [0.1, 0.15) is 5.75 Å². The second-order valence-electron chi connectivity index (χ2n) is 4.86. The van der Waals surface area contributed by atoms with Crippen LogP contribution in [0.1, 0.15) is 28.4 Å². The number of nitrogens with one attached hydrogen (secondary N) is 1. The molecule has 4 nitrogen and oxygen atoms in total. The quantitative estimate of drug-likeness (QED) is 0.892. The number of aryl methyl sites for hydroxylation is 1. The van der Waals surface area contributed by atoms with Crippen LogP contribution in [-0.2, 0) is 13.0 Å². The summed E-state index contributed by atoms with van der Waals surface area (Å²) < 4.78 is 18.4. The fraction of sp³-hybridized carbons (Fsp3) is 0.235. The first-order valence-corrected chi connectivity index (χ1v) is 6.97. The number of phenolic OH excluding ortho intramolecular Hbond substituents is 1. The predicted molar refractivity (Wildman–Crippen MR) is 81.6 cm³/mol. The molecule has 2 aromatic rings. The van der Waals surface area contributed by atoms with Gasteiger partial charge in [-0.25, -0.2) is 4.39 Å². The molecule has 116 valence electrons. The van der Waals surface area contributed by atoms with Crippen LogP contribution in [0.4, 0.5) is 4.39 Å². The zero-order valence-corrected chi connectivity index (χ0v) is 12.5. The molecule has 5 heteroatoms. The van der Waals surface area contributed by atoms with Crippen molar-refractivity contribution in [2.24, 2.45) is 0 Å². The normalized spacial score (nSPS) is 10.3. The smallest absolute Gasteiger partial charge is 0.255 e. The van der Waals surface area contributed by atoms with Gasteiger partial charge < -0.3 is 15.2 Å². The number of aromatic hydroxyl groups is 1. The predicted octanol–water partition coefficient (Wildman–Crippen LogP) is 3.03. The monoisotopic (exact) mass is 303 g/mol. The average Bonchev–Trinajstić information content (AvgIpc) is 2.53. The van der Waals surface area contributed by atoms with E-state index in [-0.39, 0.29) is 23.6 Å². The van der Waals surface area contributed by atoms with Gasteiger partial charge in [-0.1, -0.05) is 19.1 Å². The summed E-state index contributed by atoms with van der Waals surface area (Å²) in [5, 5.41) is 12.4. The van der Waals surface area contributed by atoms with Gasteiger partial charge in [0, 0.05) is 6.54 Å². The maximum absolute atomic E-state index is 13.6. The number of halogens is 1. The standard InChI is InChI=1S/C17H18FNO3/c1-3-11-4-6-15(20)13(8-11)17(21)19-10-12-5-7-16(22-2)14(18)9-12/h4-9,20H,3,10H2,1-2H3,(H,19,21). The number of hydrogen-bond donors (Lipinski definition) is 2. The Morgan fingerprint density at radius 1 is 1.23 bits per heavy atom. The molecule has 2 N–H and O–H groups in total. The summed E-state index contributed by atoms with van der Waals surface area (Å²) in [6, 6.07) is 9.41. The third-order valence-corrected chi connectivity index (χ3v) is 3.38. The Kier molecular flexibility index (Phi) is 4.99. The lowest BCUT2D eigenvalue weighted by Crippen LogP contribution is -2.23. The molecular formula is C17H18FNO3. The van der Waals surface area contributed by atoms with E-state index in [2.05, 4.69) is 5.32 Å². The highest BCUT2D eigenvalue weighted by Gasteiger charge is 2.12. The van der Waals surface area contributed by atoms with Crippen molar-refractivity contribution in [3.8, 4) is 11.5 Å². The molecule has 1 amide bonds. The van der Waals surface area contributed by atoms with Crippen molar-refractivity contribution in [2.75, 3.05) is 7.11 Å². The molecule has 0 spiro atoms. The Bertz CT molecular complexity index is 686. The van der Waals surface area contributed by atoms with E-state index in [1.807, 2.05) is 6.92 Å². The number of carbonyl (C=O) groups is 1. The fourth-order valence-electron chi connectivity index (χ4n) is 2.08. The number of benzene rings is 2. The molecule has 0 heterocycles. The lowest BCUT2D eigenvalue weighted by Gasteiger charge is -2.09. The van der Waals surface area contributed by atoms with Crippen molar-refractivity contribution in [3.63, 3.8) is 0 Å². The second-order valence-corrected chi connectivity index (χ2v) is 4.86. The van der Waals surface area contributed by atoms with E-state index in [1.165, 1.54) is 25.3 Å². The molecule has 0 aliphatic carbocycles. The van der Waals surface area contributed by atoms with Gasteiger partial charge in [0.25, 0.3) is 5.91 Å². The van der Waals surface area contributed by atoms with Gasteiger partial charge in [0.15, 0.2) is 11.6 Å². The molecule has 22 heavy (non-hydrogen) atoms. The Morgan fingerprint density at radius 2 is 1.95 bits per heavy atom. The van der Waals surface area contributed by atoms with E-state index in [4.69, 9.17) is 4.74 Å². The van der Waals surface area contributed by atoms with Crippen molar-refractivity contribution in [2.45, 2.75) is 19.9 Å².